The van der Waals surface area contributed by atoms with Gasteiger partial charge in [0.15, 0.2) is 0 Å². The van der Waals surface area contributed by atoms with Gasteiger partial charge in [-0.1, -0.05) is 19.1 Å². The highest BCUT2D eigenvalue weighted by Gasteiger charge is 2.17. The van der Waals surface area contributed by atoms with Crippen LogP contribution >= 0.6 is 11.3 Å². The molecular formula is C19H15NO5S2. The van der Waals surface area contributed by atoms with E-state index < -0.39 is 10.1 Å². The molecule has 27 heavy (non-hydrogen) atoms. The van der Waals surface area contributed by atoms with E-state index in [0.717, 1.165) is 16.5 Å². The lowest BCUT2D eigenvalue weighted by molar-refractivity contribution is 0.489. The Kier molecular flexibility index (Phi) is 4.24. The molecule has 0 spiro atoms. The van der Waals surface area contributed by atoms with E-state index in [9.17, 15) is 13.2 Å². The molecule has 0 aliphatic heterocycles. The molecule has 0 radical (unpaired) electrons. The third kappa shape index (κ3) is 3.33. The van der Waals surface area contributed by atoms with Gasteiger partial charge in [0, 0.05) is 6.07 Å². The van der Waals surface area contributed by atoms with Crippen LogP contribution in [0, 0.1) is 0 Å². The Morgan fingerprint density at radius 2 is 2.00 bits per heavy atom. The first-order chi connectivity index (χ1) is 12.9. The van der Waals surface area contributed by atoms with E-state index >= 15 is 0 Å². The molecule has 0 bridgehead atoms. The second kappa shape index (κ2) is 6.47. The molecule has 138 valence electrons. The van der Waals surface area contributed by atoms with Gasteiger partial charge in [-0.2, -0.15) is 8.42 Å². The topological polar surface area (TPSA) is 86.5 Å². The fraction of sp³-hybridized carbons (Fsp3) is 0.158. The molecule has 2 aromatic carbocycles. The molecule has 2 heterocycles. The lowest BCUT2D eigenvalue weighted by atomic mass is 10.1. The Labute approximate surface area is 159 Å². The van der Waals surface area contributed by atoms with Gasteiger partial charge in [-0.05, 0) is 30.2 Å². The van der Waals surface area contributed by atoms with Gasteiger partial charge in [-0.15, -0.1) is 11.3 Å². The summed E-state index contributed by atoms with van der Waals surface area (Å²) in [6, 6.07) is 10.7. The van der Waals surface area contributed by atoms with E-state index in [-0.39, 0.29) is 16.8 Å². The van der Waals surface area contributed by atoms with Crippen molar-refractivity contribution in [3.05, 3.63) is 58.4 Å². The average molecular weight is 401 g/mol. The first kappa shape index (κ1) is 17.7. The number of hydrogen-bond donors (Lipinski definition) is 0. The number of rotatable bonds is 4. The summed E-state index contributed by atoms with van der Waals surface area (Å²) in [6.07, 6.45) is 2.84. The van der Waals surface area contributed by atoms with Crippen LogP contribution in [-0.2, 0) is 16.5 Å². The van der Waals surface area contributed by atoms with Crippen molar-refractivity contribution in [3.63, 3.8) is 0 Å². The highest BCUT2D eigenvalue weighted by Crippen LogP contribution is 2.31. The Morgan fingerprint density at radius 3 is 2.70 bits per heavy atom. The minimum atomic E-state index is -3.68. The third-order valence-corrected chi connectivity index (χ3v) is 5.65. The average Bonchev–Trinajstić information content (AvgIpc) is 3.04. The molecule has 0 aliphatic rings. The molecule has 0 aliphatic carbocycles. The number of aromatic nitrogens is 1. The Balaban J connectivity index is 1.91. The Bertz CT molecular complexity index is 1300. The van der Waals surface area contributed by atoms with Crippen LogP contribution in [0.15, 0.2) is 51.9 Å². The quantitative estimate of drug-likeness (QED) is 0.481. The van der Waals surface area contributed by atoms with E-state index in [1.54, 1.807) is 6.07 Å². The summed E-state index contributed by atoms with van der Waals surface area (Å²) in [5.74, 6) is 0.170. The lowest BCUT2D eigenvalue weighted by Crippen LogP contribution is -2.09. The standard InChI is InChI=1S/C19H15NO5S2/c1-3-11-8-12-16(9-15(11)25-27(2,22)23)24-10-13(18(12)21)19-20-14-6-4-5-7-17(14)26-19/h4-10H,3H2,1-2H3. The molecule has 0 saturated heterocycles. The van der Waals surface area contributed by atoms with E-state index in [1.807, 2.05) is 31.2 Å². The smallest absolute Gasteiger partial charge is 0.306 e. The Morgan fingerprint density at radius 1 is 1.22 bits per heavy atom. The van der Waals surface area contributed by atoms with Crippen molar-refractivity contribution < 1.29 is 17.0 Å². The van der Waals surface area contributed by atoms with Crippen LogP contribution in [-0.4, -0.2) is 19.7 Å². The van der Waals surface area contributed by atoms with Gasteiger partial charge in [-0.25, -0.2) is 4.98 Å². The van der Waals surface area contributed by atoms with Crippen molar-refractivity contribution >= 4 is 42.6 Å². The molecule has 4 rings (SSSR count). The summed E-state index contributed by atoms with van der Waals surface area (Å²) >= 11 is 1.42. The Hall–Kier alpha value is -2.71. The number of hydrogen-bond acceptors (Lipinski definition) is 7. The van der Waals surface area contributed by atoms with E-state index in [4.69, 9.17) is 8.60 Å². The monoisotopic (exact) mass is 401 g/mol. The summed E-state index contributed by atoms with van der Waals surface area (Å²) < 4.78 is 34.6. The van der Waals surface area contributed by atoms with Gasteiger partial charge in [0.25, 0.3) is 0 Å². The zero-order chi connectivity index (χ0) is 19.2. The number of thiazole rings is 1. The predicted octanol–water partition coefficient (Wildman–Crippen LogP) is 3.97. The normalized spacial score (nSPS) is 11.9. The summed E-state index contributed by atoms with van der Waals surface area (Å²) in [5, 5.41) is 0.950. The van der Waals surface area contributed by atoms with Gasteiger partial charge >= 0.3 is 10.1 Å². The van der Waals surface area contributed by atoms with Crippen LogP contribution in [0.5, 0.6) is 5.75 Å². The largest absolute Gasteiger partial charge is 0.463 e. The van der Waals surface area contributed by atoms with Gasteiger partial charge in [0.1, 0.15) is 22.6 Å². The van der Waals surface area contributed by atoms with Crippen LogP contribution in [0.3, 0.4) is 0 Å². The van der Waals surface area contributed by atoms with Crippen molar-refractivity contribution in [2.45, 2.75) is 13.3 Å². The van der Waals surface area contributed by atoms with Crippen molar-refractivity contribution in [3.8, 4) is 16.3 Å². The van der Waals surface area contributed by atoms with E-state index in [1.165, 1.54) is 23.7 Å². The zero-order valence-corrected chi connectivity index (χ0v) is 16.2. The first-order valence-electron chi connectivity index (χ1n) is 8.19. The van der Waals surface area contributed by atoms with Crippen LogP contribution in [0.1, 0.15) is 12.5 Å². The molecule has 0 fully saturated rings. The minimum Gasteiger partial charge on any atom is -0.463 e. The molecule has 4 aromatic rings. The van der Waals surface area contributed by atoms with Crippen LogP contribution in [0.2, 0.25) is 0 Å². The maximum absolute atomic E-state index is 13.0. The molecular weight excluding hydrogens is 386 g/mol. The minimum absolute atomic E-state index is 0.170. The van der Waals surface area contributed by atoms with Crippen molar-refractivity contribution in [1.82, 2.24) is 4.98 Å². The fourth-order valence-corrected chi connectivity index (χ4v) is 4.30. The number of benzene rings is 2. The van der Waals surface area contributed by atoms with Gasteiger partial charge in [0.05, 0.1) is 27.4 Å². The predicted molar refractivity (Wildman–Crippen MR) is 106 cm³/mol. The molecule has 2 aromatic heterocycles. The summed E-state index contributed by atoms with van der Waals surface area (Å²) in [6.45, 7) is 1.86. The number of aryl methyl sites for hydroxylation is 1. The van der Waals surface area contributed by atoms with Gasteiger partial charge in [0.2, 0.25) is 5.43 Å². The second-order valence-corrected chi connectivity index (χ2v) is 8.67. The number of fused-ring (bicyclic) bond motifs is 2. The molecule has 0 saturated carbocycles. The SMILES string of the molecule is CCc1cc2c(=O)c(-c3nc4ccccc4s3)coc2cc1OS(C)(=O)=O. The first-order valence-corrected chi connectivity index (χ1v) is 10.8. The van der Waals surface area contributed by atoms with Crippen LogP contribution in [0.4, 0.5) is 0 Å². The molecule has 6 nitrogen and oxygen atoms in total. The molecule has 8 heteroatoms. The van der Waals surface area contributed by atoms with Gasteiger partial charge < -0.3 is 8.60 Å². The van der Waals surface area contributed by atoms with Crippen molar-refractivity contribution in [1.29, 1.82) is 0 Å². The zero-order valence-electron chi connectivity index (χ0n) is 14.6. The summed E-state index contributed by atoms with van der Waals surface area (Å²) in [7, 11) is -3.68. The maximum atomic E-state index is 13.0. The van der Waals surface area contributed by atoms with Crippen molar-refractivity contribution in [2.24, 2.45) is 0 Å². The number of nitrogens with zero attached hydrogens (tertiary/aromatic N) is 1. The number of para-hydroxylation sites is 1. The third-order valence-electron chi connectivity index (χ3n) is 4.10. The maximum Gasteiger partial charge on any atom is 0.306 e. The van der Waals surface area contributed by atoms with Gasteiger partial charge in [-0.3, -0.25) is 4.79 Å². The highest BCUT2D eigenvalue weighted by molar-refractivity contribution is 7.86. The fourth-order valence-electron chi connectivity index (χ4n) is 2.85. The molecule has 0 amide bonds. The molecule has 0 N–H and O–H groups in total. The van der Waals surface area contributed by atoms with E-state index in [0.29, 0.717) is 27.9 Å². The summed E-state index contributed by atoms with van der Waals surface area (Å²) in [4.78, 5) is 17.5. The summed E-state index contributed by atoms with van der Waals surface area (Å²) in [5.41, 5.74) is 1.86. The molecule has 0 atom stereocenters. The van der Waals surface area contributed by atoms with E-state index in [2.05, 4.69) is 4.98 Å². The van der Waals surface area contributed by atoms with Crippen LogP contribution in [0.25, 0.3) is 31.8 Å². The lowest BCUT2D eigenvalue weighted by Gasteiger charge is -2.09. The second-order valence-electron chi connectivity index (χ2n) is 6.06. The van der Waals surface area contributed by atoms with Crippen LogP contribution < -0.4 is 9.61 Å². The molecule has 0 unspecified atom stereocenters. The highest BCUT2D eigenvalue weighted by atomic mass is 32.2. The van der Waals surface area contributed by atoms with Crippen molar-refractivity contribution in [2.75, 3.05) is 6.26 Å².